The number of nitrogen functional groups attached to an aromatic ring is 1. The number of rotatable bonds is 2. The minimum absolute atomic E-state index is 0.0354. The zero-order valence-electron chi connectivity index (χ0n) is 8.17. The van der Waals surface area contributed by atoms with E-state index in [-0.39, 0.29) is 11.8 Å². The lowest BCUT2D eigenvalue weighted by molar-refractivity contribution is -0.118. The van der Waals surface area contributed by atoms with E-state index in [0.29, 0.717) is 16.4 Å². The minimum Gasteiger partial charge on any atom is -0.397 e. The first-order valence-corrected chi connectivity index (χ1v) is 4.74. The highest BCUT2D eigenvalue weighted by Crippen LogP contribution is 2.22. The molecule has 76 valence electrons. The first-order valence-electron chi connectivity index (χ1n) is 4.36. The van der Waals surface area contributed by atoms with E-state index in [2.05, 4.69) is 5.32 Å². The Balaban J connectivity index is 2.78. The number of amides is 1. The zero-order valence-corrected chi connectivity index (χ0v) is 8.93. The van der Waals surface area contributed by atoms with Gasteiger partial charge in [0.1, 0.15) is 0 Å². The van der Waals surface area contributed by atoms with Crippen molar-refractivity contribution in [2.75, 3.05) is 11.1 Å². The molecule has 0 fully saturated rings. The third-order valence-electron chi connectivity index (χ3n) is 1.79. The van der Waals surface area contributed by atoms with Gasteiger partial charge >= 0.3 is 0 Å². The Bertz CT molecular complexity index is 350. The molecular weight excluding hydrogens is 200 g/mol. The third-order valence-corrected chi connectivity index (χ3v) is 2.13. The molecular formula is C10H13ClN2O. The van der Waals surface area contributed by atoms with Crippen LogP contribution in [-0.4, -0.2) is 5.91 Å². The quantitative estimate of drug-likeness (QED) is 0.741. The summed E-state index contributed by atoms with van der Waals surface area (Å²) >= 11 is 5.74. The summed E-state index contributed by atoms with van der Waals surface area (Å²) in [4.78, 5) is 11.3. The molecule has 3 N–H and O–H groups in total. The number of nitrogens with two attached hydrogens (primary N) is 1. The van der Waals surface area contributed by atoms with Crippen LogP contribution < -0.4 is 11.1 Å². The van der Waals surface area contributed by atoms with Crippen molar-refractivity contribution >= 4 is 28.9 Å². The Hall–Kier alpha value is -1.22. The summed E-state index contributed by atoms with van der Waals surface area (Å²) in [5, 5.41) is 3.22. The van der Waals surface area contributed by atoms with Crippen molar-refractivity contribution in [2.24, 2.45) is 5.92 Å². The average Bonchev–Trinajstić information content (AvgIpc) is 2.11. The van der Waals surface area contributed by atoms with E-state index in [0.717, 1.165) is 0 Å². The van der Waals surface area contributed by atoms with E-state index in [1.165, 1.54) is 0 Å². The Kier molecular flexibility index (Phi) is 3.36. The van der Waals surface area contributed by atoms with Gasteiger partial charge in [0.15, 0.2) is 0 Å². The molecule has 0 unspecified atom stereocenters. The highest BCUT2D eigenvalue weighted by Gasteiger charge is 2.07. The van der Waals surface area contributed by atoms with Crippen molar-refractivity contribution in [3.8, 4) is 0 Å². The van der Waals surface area contributed by atoms with E-state index < -0.39 is 0 Å². The summed E-state index contributed by atoms with van der Waals surface area (Å²) in [6, 6.07) is 5.02. The van der Waals surface area contributed by atoms with Crippen molar-refractivity contribution in [3.05, 3.63) is 23.2 Å². The molecule has 14 heavy (non-hydrogen) atoms. The lowest BCUT2D eigenvalue weighted by Crippen LogP contribution is -2.17. The van der Waals surface area contributed by atoms with E-state index in [1.807, 2.05) is 13.8 Å². The molecule has 0 aliphatic heterocycles. The molecule has 1 rings (SSSR count). The van der Waals surface area contributed by atoms with E-state index >= 15 is 0 Å². The lowest BCUT2D eigenvalue weighted by atomic mass is 10.2. The molecule has 0 aliphatic rings. The molecule has 1 aromatic carbocycles. The molecule has 0 spiro atoms. The van der Waals surface area contributed by atoms with Crippen molar-refractivity contribution < 1.29 is 4.79 Å². The number of carbonyl (C=O) groups is 1. The zero-order chi connectivity index (χ0) is 10.7. The maximum Gasteiger partial charge on any atom is 0.226 e. The van der Waals surface area contributed by atoms with Crippen LogP contribution in [-0.2, 0) is 4.79 Å². The molecule has 4 heteroatoms. The van der Waals surface area contributed by atoms with Crippen molar-refractivity contribution in [1.82, 2.24) is 0 Å². The number of benzene rings is 1. The van der Waals surface area contributed by atoms with E-state index in [9.17, 15) is 4.79 Å². The van der Waals surface area contributed by atoms with Crippen molar-refractivity contribution in [3.63, 3.8) is 0 Å². The van der Waals surface area contributed by atoms with Crippen LogP contribution in [0.1, 0.15) is 13.8 Å². The van der Waals surface area contributed by atoms with Gasteiger partial charge < -0.3 is 11.1 Å². The maximum absolute atomic E-state index is 11.3. The maximum atomic E-state index is 11.3. The van der Waals surface area contributed by atoms with Crippen molar-refractivity contribution in [2.45, 2.75) is 13.8 Å². The first kappa shape index (κ1) is 10.9. The topological polar surface area (TPSA) is 55.1 Å². The first-order chi connectivity index (χ1) is 6.50. The fourth-order valence-corrected chi connectivity index (χ4v) is 1.03. The molecule has 3 nitrogen and oxygen atoms in total. The molecule has 0 saturated carbocycles. The fourth-order valence-electron chi connectivity index (χ4n) is 0.908. The van der Waals surface area contributed by atoms with E-state index in [1.54, 1.807) is 18.2 Å². The van der Waals surface area contributed by atoms with Gasteiger partial charge in [-0.05, 0) is 18.2 Å². The smallest absolute Gasteiger partial charge is 0.226 e. The van der Waals surface area contributed by atoms with Gasteiger partial charge in [-0.25, -0.2) is 0 Å². The Labute approximate surface area is 88.2 Å². The van der Waals surface area contributed by atoms with Gasteiger partial charge in [0.05, 0.1) is 10.7 Å². The van der Waals surface area contributed by atoms with Crippen LogP contribution in [0.5, 0.6) is 0 Å². The summed E-state index contributed by atoms with van der Waals surface area (Å²) in [6.07, 6.45) is 0. The largest absolute Gasteiger partial charge is 0.397 e. The van der Waals surface area contributed by atoms with Gasteiger partial charge in [-0.1, -0.05) is 25.4 Å². The number of carbonyl (C=O) groups excluding carboxylic acids is 1. The molecule has 0 atom stereocenters. The second-order valence-electron chi connectivity index (χ2n) is 3.38. The Morgan fingerprint density at radius 3 is 2.64 bits per heavy atom. The Morgan fingerprint density at radius 1 is 1.50 bits per heavy atom. The van der Waals surface area contributed by atoms with E-state index in [4.69, 9.17) is 17.3 Å². The molecule has 0 radical (unpaired) electrons. The monoisotopic (exact) mass is 212 g/mol. The summed E-state index contributed by atoms with van der Waals surface area (Å²) in [7, 11) is 0. The summed E-state index contributed by atoms with van der Waals surface area (Å²) in [5.41, 5.74) is 6.73. The fraction of sp³-hybridized carbons (Fsp3) is 0.300. The molecule has 0 bridgehead atoms. The molecule has 0 aromatic heterocycles. The van der Waals surface area contributed by atoms with Crippen LogP contribution in [0.3, 0.4) is 0 Å². The number of halogens is 1. The second kappa shape index (κ2) is 4.33. The number of hydrogen-bond acceptors (Lipinski definition) is 2. The number of nitrogens with one attached hydrogen (secondary N) is 1. The van der Waals surface area contributed by atoms with Crippen LogP contribution in [0, 0.1) is 5.92 Å². The summed E-state index contributed by atoms with van der Waals surface area (Å²) in [5.74, 6) is -0.0846. The lowest BCUT2D eigenvalue weighted by Gasteiger charge is -2.08. The van der Waals surface area contributed by atoms with Crippen LogP contribution in [0.2, 0.25) is 5.02 Å². The van der Waals surface area contributed by atoms with Crippen LogP contribution >= 0.6 is 11.6 Å². The standard InChI is InChI=1S/C10H13ClN2O/c1-6(2)10(14)13-7-3-4-8(11)9(12)5-7/h3-6H,12H2,1-2H3,(H,13,14). The van der Waals surface area contributed by atoms with Gasteiger partial charge in [0, 0.05) is 11.6 Å². The Morgan fingerprint density at radius 2 is 2.14 bits per heavy atom. The van der Waals surface area contributed by atoms with Crippen LogP contribution in [0.4, 0.5) is 11.4 Å². The van der Waals surface area contributed by atoms with Gasteiger partial charge in [0.2, 0.25) is 5.91 Å². The number of hydrogen-bond donors (Lipinski definition) is 2. The SMILES string of the molecule is CC(C)C(=O)Nc1ccc(Cl)c(N)c1. The van der Waals surface area contributed by atoms with Crippen LogP contribution in [0.25, 0.3) is 0 Å². The predicted molar refractivity (Wildman–Crippen MR) is 59.3 cm³/mol. The van der Waals surface area contributed by atoms with Gasteiger partial charge in [-0.2, -0.15) is 0 Å². The molecule has 1 amide bonds. The molecule has 0 heterocycles. The van der Waals surface area contributed by atoms with Crippen molar-refractivity contribution in [1.29, 1.82) is 0 Å². The minimum atomic E-state index is -0.0492. The van der Waals surface area contributed by atoms with Gasteiger partial charge in [-0.15, -0.1) is 0 Å². The molecule has 0 saturated heterocycles. The normalized spacial score (nSPS) is 10.3. The summed E-state index contributed by atoms with van der Waals surface area (Å²) < 4.78 is 0. The molecule has 1 aromatic rings. The average molecular weight is 213 g/mol. The number of anilines is 2. The second-order valence-corrected chi connectivity index (χ2v) is 3.79. The third kappa shape index (κ3) is 2.64. The van der Waals surface area contributed by atoms with Crippen LogP contribution in [0.15, 0.2) is 18.2 Å². The predicted octanol–water partition coefficient (Wildman–Crippen LogP) is 2.52. The molecule has 0 aliphatic carbocycles. The highest BCUT2D eigenvalue weighted by atomic mass is 35.5. The van der Waals surface area contributed by atoms with Gasteiger partial charge in [-0.3, -0.25) is 4.79 Å². The van der Waals surface area contributed by atoms with Gasteiger partial charge in [0.25, 0.3) is 0 Å². The highest BCUT2D eigenvalue weighted by molar-refractivity contribution is 6.33. The summed E-state index contributed by atoms with van der Waals surface area (Å²) in [6.45, 7) is 3.66.